The fourth-order valence-corrected chi connectivity index (χ4v) is 0.642. The average Bonchev–Trinajstić information content (AvgIpc) is 1.87. The molecule has 0 unspecified atom stereocenters. The minimum Gasteiger partial charge on any atom is -0.347 e. The minimum absolute atomic E-state index is 0.00514. The Labute approximate surface area is 67.2 Å². The van der Waals surface area contributed by atoms with Gasteiger partial charge < -0.3 is 5.32 Å². The SMILES string of the molecule is CCCC(=O)N[C@@H](C)C(C)=O. The van der Waals surface area contributed by atoms with Crippen LogP contribution in [0.5, 0.6) is 0 Å². The van der Waals surface area contributed by atoms with Gasteiger partial charge in [-0.05, 0) is 20.3 Å². The van der Waals surface area contributed by atoms with Gasteiger partial charge in [-0.1, -0.05) is 6.92 Å². The standard InChI is InChI=1S/C8H15NO2/c1-4-5-8(11)9-6(2)7(3)10/h6H,4-5H2,1-3H3,(H,9,11)/t6-/m0/s1. The monoisotopic (exact) mass is 157 g/mol. The first-order chi connectivity index (χ1) is 5.07. The molecule has 0 aromatic rings. The highest BCUT2D eigenvalue weighted by atomic mass is 16.2. The molecule has 0 bridgehead atoms. The highest BCUT2D eigenvalue weighted by molar-refractivity contribution is 5.86. The smallest absolute Gasteiger partial charge is 0.220 e. The third-order valence-electron chi connectivity index (χ3n) is 1.46. The summed E-state index contributed by atoms with van der Waals surface area (Å²) in [5.41, 5.74) is 0. The fraction of sp³-hybridized carbons (Fsp3) is 0.750. The van der Waals surface area contributed by atoms with Gasteiger partial charge in [-0.2, -0.15) is 0 Å². The normalized spacial score (nSPS) is 12.3. The molecule has 1 amide bonds. The Kier molecular flexibility index (Phi) is 4.50. The van der Waals surface area contributed by atoms with Gasteiger partial charge in [-0.15, -0.1) is 0 Å². The summed E-state index contributed by atoms with van der Waals surface area (Å²) in [5.74, 6) is -0.0512. The summed E-state index contributed by atoms with van der Waals surface area (Å²) in [6, 6.07) is -0.339. The van der Waals surface area contributed by atoms with E-state index < -0.39 is 0 Å². The van der Waals surface area contributed by atoms with E-state index in [2.05, 4.69) is 5.32 Å². The molecule has 0 heterocycles. The van der Waals surface area contributed by atoms with Crippen LogP contribution < -0.4 is 5.32 Å². The van der Waals surface area contributed by atoms with Crippen LogP contribution in [-0.4, -0.2) is 17.7 Å². The zero-order chi connectivity index (χ0) is 8.85. The Hall–Kier alpha value is -0.860. The topological polar surface area (TPSA) is 46.2 Å². The van der Waals surface area contributed by atoms with E-state index in [0.717, 1.165) is 6.42 Å². The fourth-order valence-electron chi connectivity index (χ4n) is 0.642. The van der Waals surface area contributed by atoms with E-state index in [0.29, 0.717) is 6.42 Å². The number of nitrogens with one attached hydrogen (secondary N) is 1. The second-order valence-electron chi connectivity index (χ2n) is 2.65. The van der Waals surface area contributed by atoms with Crippen molar-refractivity contribution in [3.8, 4) is 0 Å². The number of Topliss-reactive ketones (excluding diaryl/α,β-unsaturated/α-hetero) is 1. The molecular weight excluding hydrogens is 142 g/mol. The van der Waals surface area contributed by atoms with Crippen LogP contribution in [0.4, 0.5) is 0 Å². The lowest BCUT2D eigenvalue weighted by atomic mass is 10.2. The first kappa shape index (κ1) is 10.1. The number of rotatable bonds is 4. The van der Waals surface area contributed by atoms with Crippen molar-refractivity contribution in [3.05, 3.63) is 0 Å². The summed E-state index contributed by atoms with van der Waals surface area (Å²) in [7, 11) is 0. The molecule has 64 valence electrons. The Morgan fingerprint density at radius 2 is 2.00 bits per heavy atom. The summed E-state index contributed by atoms with van der Waals surface area (Å²) in [5, 5.41) is 2.59. The van der Waals surface area contributed by atoms with Crippen LogP contribution in [0.25, 0.3) is 0 Å². The Balaban J connectivity index is 3.66. The molecule has 3 nitrogen and oxygen atoms in total. The number of ketones is 1. The molecule has 0 saturated carbocycles. The van der Waals surface area contributed by atoms with E-state index in [9.17, 15) is 9.59 Å². The number of hydrogen-bond donors (Lipinski definition) is 1. The third kappa shape index (κ3) is 4.53. The van der Waals surface area contributed by atoms with Crippen molar-refractivity contribution in [2.45, 2.75) is 39.7 Å². The Morgan fingerprint density at radius 3 is 2.36 bits per heavy atom. The Morgan fingerprint density at radius 1 is 1.45 bits per heavy atom. The van der Waals surface area contributed by atoms with Crippen molar-refractivity contribution in [3.63, 3.8) is 0 Å². The molecule has 0 aliphatic rings. The molecule has 1 N–H and O–H groups in total. The molecule has 1 atom stereocenters. The van der Waals surface area contributed by atoms with Gasteiger partial charge in [0.05, 0.1) is 6.04 Å². The molecule has 0 fully saturated rings. The third-order valence-corrected chi connectivity index (χ3v) is 1.46. The van der Waals surface area contributed by atoms with E-state index in [1.54, 1.807) is 6.92 Å². The number of carbonyl (C=O) groups excluding carboxylic acids is 2. The van der Waals surface area contributed by atoms with Crippen molar-refractivity contribution in [1.29, 1.82) is 0 Å². The summed E-state index contributed by atoms with van der Waals surface area (Å²) in [6.07, 6.45) is 1.31. The van der Waals surface area contributed by atoms with E-state index >= 15 is 0 Å². The second-order valence-corrected chi connectivity index (χ2v) is 2.65. The maximum absolute atomic E-state index is 10.9. The summed E-state index contributed by atoms with van der Waals surface area (Å²) in [6.45, 7) is 5.09. The van der Waals surface area contributed by atoms with Gasteiger partial charge in [0.1, 0.15) is 0 Å². The van der Waals surface area contributed by atoms with Crippen LogP contribution in [0.15, 0.2) is 0 Å². The van der Waals surface area contributed by atoms with Crippen LogP contribution >= 0.6 is 0 Å². The molecular formula is C8H15NO2. The molecule has 0 aliphatic heterocycles. The number of hydrogen-bond acceptors (Lipinski definition) is 2. The van der Waals surface area contributed by atoms with E-state index in [-0.39, 0.29) is 17.7 Å². The van der Waals surface area contributed by atoms with Gasteiger partial charge in [0, 0.05) is 6.42 Å². The summed E-state index contributed by atoms with van der Waals surface area (Å²) >= 11 is 0. The highest BCUT2D eigenvalue weighted by Crippen LogP contribution is 1.89. The average molecular weight is 157 g/mol. The lowest BCUT2D eigenvalue weighted by Gasteiger charge is -2.08. The predicted molar refractivity (Wildman–Crippen MR) is 43.2 cm³/mol. The minimum atomic E-state index is -0.339. The van der Waals surface area contributed by atoms with Gasteiger partial charge in [-0.3, -0.25) is 9.59 Å². The molecule has 0 aromatic carbocycles. The van der Waals surface area contributed by atoms with Gasteiger partial charge in [0.2, 0.25) is 5.91 Å². The van der Waals surface area contributed by atoms with Crippen LogP contribution in [0, 0.1) is 0 Å². The van der Waals surface area contributed by atoms with E-state index in [1.807, 2.05) is 6.92 Å². The maximum atomic E-state index is 10.9. The van der Waals surface area contributed by atoms with Crippen LogP contribution in [0.1, 0.15) is 33.6 Å². The number of amides is 1. The van der Waals surface area contributed by atoms with Crippen LogP contribution in [0.3, 0.4) is 0 Å². The second kappa shape index (κ2) is 4.88. The molecule has 0 aliphatic carbocycles. The largest absolute Gasteiger partial charge is 0.347 e. The zero-order valence-electron chi connectivity index (χ0n) is 7.31. The highest BCUT2D eigenvalue weighted by Gasteiger charge is 2.09. The molecule has 0 rings (SSSR count). The van der Waals surface area contributed by atoms with Crippen molar-refractivity contribution < 1.29 is 9.59 Å². The van der Waals surface area contributed by atoms with Crippen molar-refractivity contribution in [1.82, 2.24) is 5.32 Å². The maximum Gasteiger partial charge on any atom is 0.220 e. The lowest BCUT2D eigenvalue weighted by molar-refractivity contribution is -0.126. The molecule has 0 saturated heterocycles. The van der Waals surface area contributed by atoms with E-state index in [1.165, 1.54) is 6.92 Å². The quantitative estimate of drug-likeness (QED) is 0.658. The first-order valence-electron chi connectivity index (χ1n) is 3.87. The van der Waals surface area contributed by atoms with Gasteiger partial charge in [-0.25, -0.2) is 0 Å². The van der Waals surface area contributed by atoms with Crippen molar-refractivity contribution >= 4 is 11.7 Å². The van der Waals surface area contributed by atoms with E-state index in [4.69, 9.17) is 0 Å². The summed E-state index contributed by atoms with van der Waals surface area (Å²) in [4.78, 5) is 21.6. The molecule has 11 heavy (non-hydrogen) atoms. The van der Waals surface area contributed by atoms with Gasteiger partial charge in [0.15, 0.2) is 5.78 Å². The zero-order valence-corrected chi connectivity index (χ0v) is 7.31. The Bertz CT molecular complexity index is 154. The van der Waals surface area contributed by atoms with Crippen LogP contribution in [0.2, 0.25) is 0 Å². The summed E-state index contributed by atoms with van der Waals surface area (Å²) < 4.78 is 0. The molecule has 3 heteroatoms. The van der Waals surface area contributed by atoms with Crippen LogP contribution in [-0.2, 0) is 9.59 Å². The molecule has 0 spiro atoms. The lowest BCUT2D eigenvalue weighted by Crippen LogP contribution is -2.36. The van der Waals surface area contributed by atoms with Crippen molar-refractivity contribution in [2.24, 2.45) is 0 Å². The molecule has 0 aromatic heterocycles. The van der Waals surface area contributed by atoms with Gasteiger partial charge >= 0.3 is 0 Å². The molecule has 0 radical (unpaired) electrons. The van der Waals surface area contributed by atoms with Crippen molar-refractivity contribution in [2.75, 3.05) is 0 Å². The first-order valence-corrected chi connectivity index (χ1v) is 3.87. The predicted octanol–water partition coefficient (Wildman–Crippen LogP) is 0.880. The van der Waals surface area contributed by atoms with Gasteiger partial charge in [0.25, 0.3) is 0 Å². The number of carbonyl (C=O) groups is 2.